The van der Waals surface area contributed by atoms with Gasteiger partial charge in [-0.3, -0.25) is 4.79 Å². The van der Waals surface area contributed by atoms with Gasteiger partial charge in [0.2, 0.25) is 5.91 Å². The van der Waals surface area contributed by atoms with Crippen LogP contribution in [0.4, 0.5) is 5.69 Å². The van der Waals surface area contributed by atoms with Crippen LogP contribution in [0.3, 0.4) is 0 Å². The molecule has 0 unspecified atom stereocenters. The Morgan fingerprint density at radius 3 is 2.21 bits per heavy atom. The van der Waals surface area contributed by atoms with Gasteiger partial charge in [-0.15, -0.1) is 0 Å². The van der Waals surface area contributed by atoms with Crippen molar-refractivity contribution in [3.05, 3.63) is 24.3 Å². The Bertz CT molecular complexity index is 550. The number of carbonyl (C=O) groups excluding carboxylic acids is 1. The molecule has 0 spiro atoms. The molecule has 0 atom stereocenters. The average Bonchev–Trinajstić information content (AvgIpc) is 2.27. The summed E-state index contributed by atoms with van der Waals surface area (Å²) in [5.74, 6) is -0.110. The molecular formula is C13H18BrNO3S. The lowest BCUT2D eigenvalue weighted by atomic mass is 10.0. The lowest BCUT2D eigenvalue weighted by molar-refractivity contribution is -0.114. The molecular weight excluding hydrogens is 330 g/mol. The summed E-state index contributed by atoms with van der Waals surface area (Å²) in [5, 5.41) is 3.22. The first-order chi connectivity index (χ1) is 8.66. The van der Waals surface area contributed by atoms with E-state index in [9.17, 15) is 13.2 Å². The third-order valence-electron chi connectivity index (χ3n) is 2.48. The van der Waals surface area contributed by atoms with Crippen molar-refractivity contribution in [2.24, 2.45) is 5.41 Å². The van der Waals surface area contributed by atoms with Crippen LogP contribution in [-0.2, 0) is 14.6 Å². The number of hydrogen-bond donors (Lipinski definition) is 1. The van der Waals surface area contributed by atoms with Crippen molar-refractivity contribution >= 4 is 37.4 Å². The zero-order chi connectivity index (χ0) is 14.7. The highest BCUT2D eigenvalue weighted by atomic mass is 79.9. The second kappa shape index (κ2) is 6.05. The Hall–Kier alpha value is -0.880. The van der Waals surface area contributed by atoms with Gasteiger partial charge >= 0.3 is 0 Å². The molecule has 0 aromatic heterocycles. The molecule has 0 heterocycles. The number of nitrogens with one attached hydrogen (secondary N) is 1. The number of anilines is 1. The van der Waals surface area contributed by atoms with Crippen LogP contribution in [0, 0.1) is 5.41 Å². The van der Waals surface area contributed by atoms with Gasteiger partial charge in [0, 0.05) is 17.9 Å². The minimum atomic E-state index is -3.32. The van der Waals surface area contributed by atoms with Gasteiger partial charge in [0.15, 0.2) is 9.84 Å². The number of sulfone groups is 1. The highest BCUT2D eigenvalue weighted by molar-refractivity contribution is 9.09. The second-order valence-corrected chi connectivity index (χ2v) is 7.81. The van der Waals surface area contributed by atoms with E-state index in [4.69, 9.17) is 0 Å². The van der Waals surface area contributed by atoms with Crippen molar-refractivity contribution in [3.63, 3.8) is 0 Å². The van der Waals surface area contributed by atoms with Crippen molar-refractivity contribution < 1.29 is 13.2 Å². The Morgan fingerprint density at radius 1 is 1.26 bits per heavy atom. The zero-order valence-corrected chi connectivity index (χ0v) is 13.6. The van der Waals surface area contributed by atoms with E-state index in [1.54, 1.807) is 12.1 Å². The number of alkyl halides is 1. The lowest BCUT2D eigenvalue weighted by Crippen LogP contribution is -2.25. The molecule has 1 N–H and O–H groups in total. The zero-order valence-electron chi connectivity index (χ0n) is 11.2. The summed E-state index contributed by atoms with van der Waals surface area (Å²) >= 11 is 3.32. The largest absolute Gasteiger partial charge is 0.326 e. The van der Waals surface area contributed by atoms with Crippen LogP contribution in [-0.4, -0.2) is 25.4 Å². The van der Waals surface area contributed by atoms with E-state index < -0.39 is 9.84 Å². The maximum Gasteiger partial charge on any atom is 0.221 e. The number of amides is 1. The van der Waals surface area contributed by atoms with E-state index in [0.717, 1.165) is 0 Å². The molecule has 6 heteroatoms. The third kappa shape index (κ3) is 4.95. The Morgan fingerprint density at radius 2 is 1.79 bits per heavy atom. The highest BCUT2D eigenvalue weighted by Crippen LogP contribution is 2.25. The minimum absolute atomic E-state index is 0.0741. The monoisotopic (exact) mass is 347 g/mol. The van der Waals surface area contributed by atoms with Gasteiger partial charge in [-0.2, -0.15) is 0 Å². The number of hydrogen-bond acceptors (Lipinski definition) is 3. The van der Waals surface area contributed by atoms with E-state index in [2.05, 4.69) is 21.2 Å². The molecule has 0 bridgehead atoms. The standard InChI is InChI=1S/C13H18BrNO3S/c1-10(16)15-11-4-6-12(7-5-11)19(17,18)9-13(2,3)8-14/h4-7H,8-9H2,1-3H3,(H,15,16). The fourth-order valence-corrected chi connectivity index (χ4v) is 3.89. The first-order valence-corrected chi connectivity index (χ1v) is 8.60. The number of halogens is 1. The molecule has 0 aliphatic carbocycles. The maximum absolute atomic E-state index is 12.2. The molecule has 0 radical (unpaired) electrons. The fourth-order valence-electron chi connectivity index (χ4n) is 1.59. The Kier molecular flexibility index (Phi) is 5.15. The summed E-state index contributed by atoms with van der Waals surface area (Å²) in [7, 11) is -3.32. The molecule has 1 aromatic rings. The van der Waals surface area contributed by atoms with Gasteiger partial charge in [0.25, 0.3) is 0 Å². The fraction of sp³-hybridized carbons (Fsp3) is 0.462. The quantitative estimate of drug-likeness (QED) is 0.833. The maximum atomic E-state index is 12.2. The average molecular weight is 348 g/mol. The predicted octanol–water partition coefficient (Wildman–Crippen LogP) is 2.84. The van der Waals surface area contributed by atoms with Crippen LogP contribution in [0.25, 0.3) is 0 Å². The molecule has 0 aliphatic rings. The normalized spacial score (nSPS) is 12.2. The van der Waals surface area contributed by atoms with E-state index in [1.807, 2.05) is 13.8 Å². The summed E-state index contributed by atoms with van der Waals surface area (Å²) in [6.07, 6.45) is 0. The SMILES string of the molecule is CC(=O)Nc1ccc(S(=O)(=O)CC(C)(C)CBr)cc1. The van der Waals surface area contributed by atoms with E-state index in [1.165, 1.54) is 19.1 Å². The van der Waals surface area contributed by atoms with Crippen LogP contribution in [0.2, 0.25) is 0 Å². The molecule has 1 aromatic carbocycles. The molecule has 106 valence electrons. The van der Waals surface area contributed by atoms with Crippen LogP contribution in [0.15, 0.2) is 29.2 Å². The number of benzene rings is 1. The van der Waals surface area contributed by atoms with Gasteiger partial charge in [0.05, 0.1) is 10.6 Å². The van der Waals surface area contributed by atoms with Crippen molar-refractivity contribution in [2.75, 3.05) is 16.4 Å². The molecule has 0 saturated heterocycles. The van der Waals surface area contributed by atoms with Crippen molar-refractivity contribution in [3.8, 4) is 0 Å². The lowest BCUT2D eigenvalue weighted by Gasteiger charge is -2.21. The topological polar surface area (TPSA) is 63.2 Å². The number of carbonyl (C=O) groups is 1. The summed E-state index contributed by atoms with van der Waals surface area (Å²) in [4.78, 5) is 11.2. The molecule has 19 heavy (non-hydrogen) atoms. The summed E-state index contributed by atoms with van der Waals surface area (Å²) in [5.41, 5.74) is 0.265. The van der Waals surface area contributed by atoms with Crippen LogP contribution in [0.1, 0.15) is 20.8 Å². The van der Waals surface area contributed by atoms with Crippen molar-refractivity contribution in [2.45, 2.75) is 25.7 Å². The molecule has 1 rings (SSSR count). The second-order valence-electron chi connectivity index (χ2n) is 5.26. The summed E-state index contributed by atoms with van der Waals surface area (Å²) in [6.45, 7) is 5.19. The van der Waals surface area contributed by atoms with Gasteiger partial charge < -0.3 is 5.32 Å². The predicted molar refractivity (Wildman–Crippen MR) is 80.4 cm³/mol. The third-order valence-corrected chi connectivity index (χ3v) is 6.15. The Labute approximate surface area is 122 Å². The highest BCUT2D eigenvalue weighted by Gasteiger charge is 2.26. The van der Waals surface area contributed by atoms with Crippen LogP contribution in [0.5, 0.6) is 0 Å². The molecule has 0 fully saturated rings. The van der Waals surface area contributed by atoms with Crippen molar-refractivity contribution in [1.82, 2.24) is 0 Å². The first kappa shape index (κ1) is 16.2. The molecule has 0 aliphatic heterocycles. The van der Waals surface area contributed by atoms with Crippen molar-refractivity contribution in [1.29, 1.82) is 0 Å². The van der Waals surface area contributed by atoms with E-state index in [-0.39, 0.29) is 22.0 Å². The molecule has 4 nitrogen and oxygen atoms in total. The Balaban J connectivity index is 2.94. The summed E-state index contributed by atoms with van der Waals surface area (Å²) < 4.78 is 24.5. The van der Waals surface area contributed by atoms with E-state index >= 15 is 0 Å². The molecule has 1 amide bonds. The molecule has 0 saturated carbocycles. The van der Waals surface area contributed by atoms with Gasteiger partial charge in [-0.1, -0.05) is 29.8 Å². The van der Waals surface area contributed by atoms with Crippen LogP contribution >= 0.6 is 15.9 Å². The summed E-state index contributed by atoms with van der Waals surface area (Å²) in [6, 6.07) is 6.22. The van der Waals surface area contributed by atoms with E-state index in [0.29, 0.717) is 11.0 Å². The van der Waals surface area contributed by atoms with Crippen LogP contribution < -0.4 is 5.32 Å². The van der Waals surface area contributed by atoms with Gasteiger partial charge in [-0.05, 0) is 29.7 Å². The van der Waals surface area contributed by atoms with Gasteiger partial charge in [0.1, 0.15) is 0 Å². The first-order valence-electron chi connectivity index (χ1n) is 5.83. The van der Waals surface area contributed by atoms with Gasteiger partial charge in [-0.25, -0.2) is 8.42 Å². The minimum Gasteiger partial charge on any atom is -0.326 e. The number of rotatable bonds is 5. The smallest absolute Gasteiger partial charge is 0.221 e.